The van der Waals surface area contributed by atoms with Gasteiger partial charge in [0.1, 0.15) is 5.76 Å². The molecule has 1 aliphatic carbocycles. The van der Waals surface area contributed by atoms with E-state index in [9.17, 15) is 0 Å². The van der Waals surface area contributed by atoms with Gasteiger partial charge in [0.2, 0.25) is 0 Å². The van der Waals surface area contributed by atoms with Crippen LogP contribution in [0.2, 0.25) is 0 Å². The summed E-state index contributed by atoms with van der Waals surface area (Å²) in [6, 6.07) is 12.9. The first-order valence-electron chi connectivity index (χ1n) is 6.20. The van der Waals surface area contributed by atoms with Gasteiger partial charge in [0.25, 0.3) is 0 Å². The Morgan fingerprint density at radius 2 is 2.06 bits per heavy atom. The monoisotopic (exact) mass is 227 g/mol. The number of aryl methyl sites for hydroxylation is 1. The summed E-state index contributed by atoms with van der Waals surface area (Å²) in [6.45, 7) is 0. The van der Waals surface area contributed by atoms with Crippen molar-refractivity contribution in [2.24, 2.45) is 5.73 Å². The summed E-state index contributed by atoms with van der Waals surface area (Å²) in [7, 11) is 0. The maximum atomic E-state index is 6.27. The fourth-order valence-corrected chi connectivity index (χ4v) is 2.78. The van der Waals surface area contributed by atoms with Crippen LogP contribution in [0.25, 0.3) is 0 Å². The molecule has 2 atom stereocenters. The van der Waals surface area contributed by atoms with E-state index in [1.165, 1.54) is 11.1 Å². The van der Waals surface area contributed by atoms with Gasteiger partial charge in [-0.15, -0.1) is 0 Å². The van der Waals surface area contributed by atoms with Crippen LogP contribution in [0, 0.1) is 0 Å². The highest BCUT2D eigenvalue weighted by atomic mass is 16.3. The van der Waals surface area contributed by atoms with Crippen molar-refractivity contribution in [2.75, 3.05) is 0 Å². The lowest BCUT2D eigenvalue weighted by Crippen LogP contribution is -2.34. The first-order chi connectivity index (χ1) is 8.34. The van der Waals surface area contributed by atoms with Crippen LogP contribution in [0.5, 0.6) is 0 Å². The standard InChI is InChI=1S/C15H17NO/c16-15-8-7-11-4-1-2-6-13(11)14(15)10-12-5-3-9-17-12/h1-6,9,14-15H,7-8,10,16H2. The van der Waals surface area contributed by atoms with Crippen molar-refractivity contribution in [3.63, 3.8) is 0 Å². The lowest BCUT2D eigenvalue weighted by Gasteiger charge is -2.30. The predicted molar refractivity (Wildman–Crippen MR) is 67.9 cm³/mol. The lowest BCUT2D eigenvalue weighted by molar-refractivity contribution is 0.422. The molecule has 3 rings (SSSR count). The first-order valence-corrected chi connectivity index (χ1v) is 6.20. The van der Waals surface area contributed by atoms with Crippen molar-refractivity contribution < 1.29 is 4.42 Å². The number of fused-ring (bicyclic) bond motifs is 1. The largest absolute Gasteiger partial charge is 0.469 e. The van der Waals surface area contributed by atoms with Gasteiger partial charge in [0.15, 0.2) is 0 Å². The van der Waals surface area contributed by atoms with Gasteiger partial charge in [-0.2, -0.15) is 0 Å². The quantitative estimate of drug-likeness (QED) is 0.856. The summed E-state index contributed by atoms with van der Waals surface area (Å²) >= 11 is 0. The molecule has 0 saturated carbocycles. The van der Waals surface area contributed by atoms with Gasteiger partial charge >= 0.3 is 0 Å². The Morgan fingerprint density at radius 1 is 1.18 bits per heavy atom. The van der Waals surface area contributed by atoms with E-state index in [-0.39, 0.29) is 6.04 Å². The van der Waals surface area contributed by atoms with Crippen molar-refractivity contribution in [1.29, 1.82) is 0 Å². The Kier molecular flexibility index (Phi) is 2.73. The van der Waals surface area contributed by atoms with Crippen LogP contribution in [-0.2, 0) is 12.8 Å². The Balaban J connectivity index is 1.92. The van der Waals surface area contributed by atoms with E-state index in [0.717, 1.165) is 25.0 Å². The zero-order chi connectivity index (χ0) is 11.7. The molecule has 88 valence electrons. The second-order valence-corrected chi connectivity index (χ2v) is 4.79. The zero-order valence-electron chi connectivity index (χ0n) is 9.80. The van der Waals surface area contributed by atoms with Crippen LogP contribution in [0.4, 0.5) is 0 Å². The summed E-state index contributed by atoms with van der Waals surface area (Å²) in [4.78, 5) is 0. The van der Waals surface area contributed by atoms with Crippen molar-refractivity contribution in [1.82, 2.24) is 0 Å². The molecule has 2 heteroatoms. The minimum absolute atomic E-state index is 0.245. The SMILES string of the molecule is NC1CCc2ccccc2C1Cc1ccco1. The van der Waals surface area contributed by atoms with Gasteiger partial charge in [-0.3, -0.25) is 0 Å². The second-order valence-electron chi connectivity index (χ2n) is 4.79. The van der Waals surface area contributed by atoms with E-state index in [4.69, 9.17) is 10.2 Å². The molecule has 2 aromatic rings. The van der Waals surface area contributed by atoms with Crippen LogP contribution in [0.3, 0.4) is 0 Å². The van der Waals surface area contributed by atoms with E-state index >= 15 is 0 Å². The molecule has 2 N–H and O–H groups in total. The maximum Gasteiger partial charge on any atom is 0.104 e. The number of nitrogens with two attached hydrogens (primary N) is 1. The maximum absolute atomic E-state index is 6.27. The van der Waals surface area contributed by atoms with Crippen molar-refractivity contribution in [2.45, 2.75) is 31.2 Å². The molecule has 2 nitrogen and oxygen atoms in total. The van der Waals surface area contributed by atoms with Gasteiger partial charge in [-0.25, -0.2) is 0 Å². The highest BCUT2D eigenvalue weighted by Crippen LogP contribution is 2.33. The second kappa shape index (κ2) is 4.38. The predicted octanol–water partition coefficient (Wildman–Crippen LogP) is 2.88. The third-order valence-corrected chi connectivity index (χ3v) is 3.72. The Morgan fingerprint density at radius 3 is 2.88 bits per heavy atom. The van der Waals surface area contributed by atoms with Crippen molar-refractivity contribution in [3.8, 4) is 0 Å². The third-order valence-electron chi connectivity index (χ3n) is 3.72. The topological polar surface area (TPSA) is 39.2 Å². The molecule has 1 aliphatic rings. The molecule has 2 unspecified atom stereocenters. The molecule has 0 amide bonds. The minimum Gasteiger partial charge on any atom is -0.469 e. The van der Waals surface area contributed by atoms with Crippen LogP contribution >= 0.6 is 0 Å². The van der Waals surface area contributed by atoms with Gasteiger partial charge in [0, 0.05) is 18.4 Å². The van der Waals surface area contributed by atoms with E-state index in [2.05, 4.69) is 24.3 Å². The average molecular weight is 227 g/mol. The Hall–Kier alpha value is -1.54. The van der Waals surface area contributed by atoms with Gasteiger partial charge in [-0.05, 0) is 36.1 Å². The molecule has 0 saturated heterocycles. The van der Waals surface area contributed by atoms with Gasteiger partial charge in [-0.1, -0.05) is 24.3 Å². The Bertz CT molecular complexity index is 489. The third kappa shape index (κ3) is 2.01. The van der Waals surface area contributed by atoms with Crippen molar-refractivity contribution >= 4 is 0 Å². The fraction of sp³-hybridized carbons (Fsp3) is 0.333. The molecule has 17 heavy (non-hydrogen) atoms. The summed E-state index contributed by atoms with van der Waals surface area (Å²) in [6.07, 6.45) is 4.81. The molecule has 0 radical (unpaired) electrons. The molecule has 0 spiro atoms. The van der Waals surface area contributed by atoms with Crippen LogP contribution in [0.1, 0.15) is 29.2 Å². The molecule has 0 bridgehead atoms. The Labute approximate surface area is 101 Å². The van der Waals surface area contributed by atoms with E-state index in [1.54, 1.807) is 6.26 Å². The number of rotatable bonds is 2. The summed E-state index contributed by atoms with van der Waals surface area (Å²) in [5.41, 5.74) is 9.12. The van der Waals surface area contributed by atoms with Gasteiger partial charge in [0.05, 0.1) is 6.26 Å². The average Bonchev–Trinajstić information content (AvgIpc) is 2.86. The molecule has 1 aromatic carbocycles. The van der Waals surface area contributed by atoms with E-state index < -0.39 is 0 Å². The normalized spacial score (nSPS) is 23.4. The van der Waals surface area contributed by atoms with Crippen LogP contribution in [0.15, 0.2) is 47.1 Å². The van der Waals surface area contributed by atoms with E-state index in [0.29, 0.717) is 5.92 Å². The number of hydrogen-bond acceptors (Lipinski definition) is 2. The number of benzene rings is 1. The highest BCUT2D eigenvalue weighted by Gasteiger charge is 2.27. The molecular weight excluding hydrogens is 210 g/mol. The fourth-order valence-electron chi connectivity index (χ4n) is 2.78. The van der Waals surface area contributed by atoms with E-state index in [1.807, 2.05) is 12.1 Å². The molecular formula is C15H17NO. The number of furan rings is 1. The number of hydrogen-bond donors (Lipinski definition) is 1. The molecule has 1 heterocycles. The molecule has 0 fully saturated rings. The molecule has 0 aliphatic heterocycles. The van der Waals surface area contributed by atoms with Gasteiger partial charge < -0.3 is 10.2 Å². The first kappa shape index (κ1) is 10.6. The smallest absolute Gasteiger partial charge is 0.104 e. The summed E-state index contributed by atoms with van der Waals surface area (Å²) < 4.78 is 5.44. The summed E-state index contributed by atoms with van der Waals surface area (Å²) in [5, 5.41) is 0. The zero-order valence-corrected chi connectivity index (χ0v) is 9.80. The summed E-state index contributed by atoms with van der Waals surface area (Å²) in [5.74, 6) is 1.42. The van der Waals surface area contributed by atoms with Crippen LogP contribution in [-0.4, -0.2) is 6.04 Å². The lowest BCUT2D eigenvalue weighted by atomic mass is 9.77. The molecule has 1 aromatic heterocycles. The highest BCUT2D eigenvalue weighted by molar-refractivity contribution is 5.35. The minimum atomic E-state index is 0.245. The van der Waals surface area contributed by atoms with Crippen molar-refractivity contribution in [3.05, 3.63) is 59.5 Å². The van der Waals surface area contributed by atoms with Crippen LogP contribution < -0.4 is 5.73 Å².